The first-order valence-corrected chi connectivity index (χ1v) is 5.94. The van der Waals surface area contributed by atoms with Gasteiger partial charge < -0.3 is 15.6 Å². The van der Waals surface area contributed by atoms with Gasteiger partial charge in [-0.2, -0.15) is 8.78 Å². The van der Waals surface area contributed by atoms with Gasteiger partial charge in [-0.1, -0.05) is 32.4 Å². The third-order valence-corrected chi connectivity index (χ3v) is 3.06. The van der Waals surface area contributed by atoms with Crippen molar-refractivity contribution >= 4 is 0 Å². The van der Waals surface area contributed by atoms with Crippen LogP contribution in [0.3, 0.4) is 0 Å². The van der Waals surface area contributed by atoms with E-state index in [1.807, 2.05) is 13.8 Å². The molecule has 1 aromatic rings. The number of ether oxygens (including phenoxy) is 1. The highest BCUT2D eigenvalue weighted by molar-refractivity contribution is 5.31. The number of halogens is 2. The Labute approximate surface area is 106 Å². The van der Waals surface area contributed by atoms with E-state index in [2.05, 4.69) is 4.74 Å². The number of aliphatic hydroxyl groups excluding tert-OH is 1. The molecule has 0 radical (unpaired) electrons. The molecule has 0 aliphatic rings. The van der Waals surface area contributed by atoms with Gasteiger partial charge in [0.1, 0.15) is 5.75 Å². The molecule has 0 aliphatic carbocycles. The maximum Gasteiger partial charge on any atom is 0.387 e. The lowest BCUT2D eigenvalue weighted by atomic mass is 9.91. The second-order valence-corrected chi connectivity index (χ2v) is 4.35. The number of aliphatic hydroxyl groups is 1. The van der Waals surface area contributed by atoms with Gasteiger partial charge in [0.2, 0.25) is 0 Å². The lowest BCUT2D eigenvalue weighted by Crippen LogP contribution is -2.31. The van der Waals surface area contributed by atoms with Crippen molar-refractivity contribution in [2.45, 2.75) is 39.0 Å². The Bertz CT molecular complexity index is 374. The maximum absolute atomic E-state index is 12.1. The Kier molecular flexibility index (Phi) is 5.50. The highest BCUT2D eigenvalue weighted by Gasteiger charge is 2.22. The lowest BCUT2D eigenvalue weighted by Gasteiger charge is -2.24. The summed E-state index contributed by atoms with van der Waals surface area (Å²) in [5.74, 6) is 0.0916. The van der Waals surface area contributed by atoms with Gasteiger partial charge >= 0.3 is 6.61 Å². The Morgan fingerprint density at radius 3 is 2.61 bits per heavy atom. The standard InChI is InChI=1S/C13H19F2NO2/c1-3-8(2)12(17)11(16)9-5-4-6-10(7-9)18-13(14)15/h4-8,11-13,17H,3,16H2,1-2H3/t8?,11-,12+/m0/s1. The topological polar surface area (TPSA) is 55.5 Å². The number of rotatable bonds is 6. The summed E-state index contributed by atoms with van der Waals surface area (Å²) in [6.45, 7) is 0.983. The fourth-order valence-electron chi connectivity index (χ4n) is 1.69. The van der Waals surface area contributed by atoms with Gasteiger partial charge in [0, 0.05) is 0 Å². The van der Waals surface area contributed by atoms with Crippen LogP contribution in [0.1, 0.15) is 31.9 Å². The van der Waals surface area contributed by atoms with Gasteiger partial charge in [0.15, 0.2) is 0 Å². The summed E-state index contributed by atoms with van der Waals surface area (Å²) in [6.07, 6.45) is 0.0824. The summed E-state index contributed by atoms with van der Waals surface area (Å²) in [5.41, 5.74) is 6.51. The van der Waals surface area contributed by atoms with E-state index in [4.69, 9.17) is 5.73 Å². The molecule has 0 saturated heterocycles. The monoisotopic (exact) mass is 259 g/mol. The van der Waals surface area contributed by atoms with Crippen LogP contribution in [0.25, 0.3) is 0 Å². The van der Waals surface area contributed by atoms with Gasteiger partial charge in [-0.05, 0) is 23.6 Å². The summed E-state index contributed by atoms with van der Waals surface area (Å²) in [6, 6.07) is 5.52. The number of hydrogen-bond acceptors (Lipinski definition) is 3. The normalized spacial score (nSPS) is 16.4. The second kappa shape index (κ2) is 6.66. The third-order valence-electron chi connectivity index (χ3n) is 3.06. The smallest absolute Gasteiger partial charge is 0.387 e. The summed E-state index contributed by atoms with van der Waals surface area (Å²) in [5, 5.41) is 10.00. The minimum Gasteiger partial charge on any atom is -0.435 e. The van der Waals surface area contributed by atoms with Crippen molar-refractivity contribution in [1.29, 1.82) is 0 Å². The molecule has 18 heavy (non-hydrogen) atoms. The molecule has 0 bridgehead atoms. The fourth-order valence-corrected chi connectivity index (χ4v) is 1.69. The summed E-state index contributed by atoms with van der Waals surface area (Å²) in [7, 11) is 0. The van der Waals surface area contributed by atoms with E-state index in [0.717, 1.165) is 6.42 Å². The SMILES string of the molecule is CCC(C)[C@@H](O)[C@@H](N)c1cccc(OC(F)F)c1. The summed E-state index contributed by atoms with van der Waals surface area (Å²) >= 11 is 0. The number of nitrogens with two attached hydrogens (primary N) is 1. The van der Waals surface area contributed by atoms with Crippen molar-refractivity contribution in [1.82, 2.24) is 0 Å². The molecule has 0 aliphatic heterocycles. The lowest BCUT2D eigenvalue weighted by molar-refractivity contribution is -0.0499. The zero-order chi connectivity index (χ0) is 13.7. The molecule has 3 N–H and O–H groups in total. The molecule has 102 valence electrons. The van der Waals surface area contributed by atoms with Crippen LogP contribution in [-0.2, 0) is 0 Å². The molecule has 0 aromatic heterocycles. The Morgan fingerprint density at radius 1 is 1.39 bits per heavy atom. The quantitative estimate of drug-likeness (QED) is 0.825. The van der Waals surface area contributed by atoms with Crippen molar-refractivity contribution in [3.05, 3.63) is 29.8 Å². The number of benzene rings is 1. The number of alkyl halides is 2. The summed E-state index contributed by atoms with van der Waals surface area (Å²) in [4.78, 5) is 0. The average Bonchev–Trinajstić information content (AvgIpc) is 2.35. The molecular formula is C13H19F2NO2. The van der Waals surface area contributed by atoms with E-state index in [0.29, 0.717) is 5.56 Å². The molecule has 0 saturated carbocycles. The molecule has 0 heterocycles. The van der Waals surface area contributed by atoms with E-state index in [9.17, 15) is 13.9 Å². The molecule has 1 unspecified atom stereocenters. The molecule has 0 amide bonds. The number of hydrogen-bond donors (Lipinski definition) is 2. The van der Waals surface area contributed by atoms with Crippen molar-refractivity contribution < 1.29 is 18.6 Å². The molecule has 1 rings (SSSR count). The molecular weight excluding hydrogens is 240 g/mol. The summed E-state index contributed by atoms with van der Waals surface area (Å²) < 4.78 is 28.5. The van der Waals surface area contributed by atoms with Gasteiger partial charge in [-0.15, -0.1) is 0 Å². The molecule has 1 aromatic carbocycles. The molecule has 0 fully saturated rings. The predicted molar refractivity (Wildman–Crippen MR) is 65.5 cm³/mol. The van der Waals surface area contributed by atoms with E-state index in [1.165, 1.54) is 12.1 Å². The Hall–Kier alpha value is -1.20. The van der Waals surface area contributed by atoms with E-state index in [1.54, 1.807) is 12.1 Å². The van der Waals surface area contributed by atoms with Crippen LogP contribution >= 0.6 is 0 Å². The van der Waals surface area contributed by atoms with Crippen LogP contribution in [0.15, 0.2) is 24.3 Å². The predicted octanol–water partition coefficient (Wildman–Crippen LogP) is 2.69. The minimum absolute atomic E-state index is 0.0414. The third kappa shape index (κ3) is 3.92. The molecule has 0 spiro atoms. The van der Waals surface area contributed by atoms with E-state index >= 15 is 0 Å². The fraction of sp³-hybridized carbons (Fsp3) is 0.538. The van der Waals surface area contributed by atoms with Crippen molar-refractivity contribution in [2.75, 3.05) is 0 Å². The van der Waals surface area contributed by atoms with Crippen molar-refractivity contribution in [2.24, 2.45) is 11.7 Å². The molecule has 3 nitrogen and oxygen atoms in total. The van der Waals surface area contributed by atoms with Gasteiger partial charge in [0.05, 0.1) is 12.1 Å². The van der Waals surface area contributed by atoms with Gasteiger partial charge in [-0.3, -0.25) is 0 Å². The van der Waals surface area contributed by atoms with Crippen LogP contribution < -0.4 is 10.5 Å². The van der Waals surface area contributed by atoms with Gasteiger partial charge in [0.25, 0.3) is 0 Å². The van der Waals surface area contributed by atoms with Crippen LogP contribution in [0.4, 0.5) is 8.78 Å². The first-order chi connectivity index (χ1) is 8.45. The van der Waals surface area contributed by atoms with Crippen molar-refractivity contribution in [3.8, 4) is 5.75 Å². The van der Waals surface area contributed by atoms with E-state index < -0.39 is 18.8 Å². The first kappa shape index (κ1) is 14.9. The second-order valence-electron chi connectivity index (χ2n) is 4.35. The average molecular weight is 259 g/mol. The van der Waals surface area contributed by atoms with E-state index in [-0.39, 0.29) is 11.7 Å². The maximum atomic E-state index is 12.1. The zero-order valence-corrected chi connectivity index (χ0v) is 10.5. The highest BCUT2D eigenvalue weighted by Crippen LogP contribution is 2.25. The Morgan fingerprint density at radius 2 is 2.06 bits per heavy atom. The molecule has 5 heteroatoms. The Balaban J connectivity index is 2.82. The first-order valence-electron chi connectivity index (χ1n) is 5.94. The highest BCUT2D eigenvalue weighted by atomic mass is 19.3. The van der Waals surface area contributed by atoms with Crippen LogP contribution in [0, 0.1) is 5.92 Å². The van der Waals surface area contributed by atoms with Crippen molar-refractivity contribution in [3.63, 3.8) is 0 Å². The molecule has 3 atom stereocenters. The van der Waals surface area contributed by atoms with Crippen LogP contribution in [-0.4, -0.2) is 17.8 Å². The van der Waals surface area contributed by atoms with Crippen LogP contribution in [0.2, 0.25) is 0 Å². The minimum atomic E-state index is -2.86. The van der Waals surface area contributed by atoms with Crippen LogP contribution in [0.5, 0.6) is 5.75 Å². The largest absolute Gasteiger partial charge is 0.435 e. The van der Waals surface area contributed by atoms with Gasteiger partial charge in [-0.25, -0.2) is 0 Å². The zero-order valence-electron chi connectivity index (χ0n) is 10.5.